The summed E-state index contributed by atoms with van der Waals surface area (Å²) in [6, 6.07) is 15.5. The summed E-state index contributed by atoms with van der Waals surface area (Å²) in [5.41, 5.74) is 1.02. The second-order valence-electron chi connectivity index (χ2n) is 6.95. The minimum Gasteiger partial charge on any atom is -0.486 e. The van der Waals surface area contributed by atoms with Crippen LogP contribution in [0.3, 0.4) is 0 Å². The molecule has 0 spiro atoms. The van der Waals surface area contributed by atoms with Gasteiger partial charge >= 0.3 is 12.1 Å². The van der Waals surface area contributed by atoms with E-state index in [1.54, 1.807) is 24.3 Å². The number of hydrogen-bond donors (Lipinski definition) is 2. The van der Waals surface area contributed by atoms with Gasteiger partial charge in [0.25, 0.3) is 5.91 Å². The van der Waals surface area contributed by atoms with Gasteiger partial charge in [-0.1, -0.05) is 23.4 Å². The molecule has 0 atom stereocenters. The maximum Gasteiger partial charge on any atom is 0.435 e. The molecule has 0 bridgehead atoms. The van der Waals surface area contributed by atoms with Crippen molar-refractivity contribution in [2.45, 2.75) is 12.8 Å². The van der Waals surface area contributed by atoms with Crippen LogP contribution in [0.25, 0.3) is 5.69 Å². The van der Waals surface area contributed by atoms with E-state index in [0.717, 1.165) is 24.3 Å². The zero-order chi connectivity index (χ0) is 25.0. The number of para-hydroxylation sites is 1. The SMILES string of the molecule is O=C(NNC(=O)c1nnn(-c2ccc(F)cc2)c1C(F)(F)F)c1ccc(COc2ccccc2)o1. The number of furan rings is 1. The molecule has 4 rings (SSSR count). The molecule has 2 heterocycles. The summed E-state index contributed by atoms with van der Waals surface area (Å²) in [5.74, 6) is -2.32. The Kier molecular flexibility index (Phi) is 6.48. The van der Waals surface area contributed by atoms with Gasteiger partial charge in [0.2, 0.25) is 0 Å². The number of nitrogens with one attached hydrogen (secondary N) is 2. The molecule has 180 valence electrons. The van der Waals surface area contributed by atoms with Gasteiger partial charge in [0.15, 0.2) is 17.1 Å². The van der Waals surface area contributed by atoms with E-state index in [9.17, 15) is 27.2 Å². The Bertz CT molecular complexity index is 1330. The minimum atomic E-state index is -5.04. The van der Waals surface area contributed by atoms with Crippen LogP contribution in [0.4, 0.5) is 17.6 Å². The van der Waals surface area contributed by atoms with Crippen molar-refractivity contribution in [1.29, 1.82) is 0 Å². The molecule has 0 radical (unpaired) electrons. The van der Waals surface area contributed by atoms with Gasteiger partial charge in [-0.05, 0) is 48.5 Å². The molecule has 2 amide bonds. The maximum absolute atomic E-state index is 13.7. The van der Waals surface area contributed by atoms with Crippen LogP contribution in [0.2, 0.25) is 0 Å². The lowest BCUT2D eigenvalue weighted by atomic mass is 10.2. The second kappa shape index (κ2) is 9.67. The molecule has 0 unspecified atom stereocenters. The minimum absolute atomic E-state index is 0.0189. The number of alkyl halides is 3. The summed E-state index contributed by atoms with van der Waals surface area (Å²) in [6.45, 7) is 0.0189. The Morgan fingerprint density at radius 3 is 2.31 bits per heavy atom. The van der Waals surface area contributed by atoms with E-state index in [-0.39, 0.29) is 18.1 Å². The van der Waals surface area contributed by atoms with Gasteiger partial charge < -0.3 is 9.15 Å². The second-order valence-corrected chi connectivity index (χ2v) is 6.95. The molecule has 0 aliphatic rings. The first-order valence-corrected chi connectivity index (χ1v) is 9.88. The molecule has 0 saturated heterocycles. The standard InChI is InChI=1S/C22H15F4N5O4/c23-13-6-8-14(9-7-13)31-19(22(24,25)26)18(27-30-31)21(33)29-28-20(32)17-11-10-16(35-17)12-34-15-4-2-1-3-5-15/h1-11H,12H2,(H,28,32)(H,29,33). The summed E-state index contributed by atoms with van der Waals surface area (Å²) < 4.78 is 65.3. The van der Waals surface area contributed by atoms with Crippen molar-refractivity contribution in [3.63, 3.8) is 0 Å². The molecule has 35 heavy (non-hydrogen) atoms. The highest BCUT2D eigenvalue weighted by atomic mass is 19.4. The third-order valence-corrected chi connectivity index (χ3v) is 4.52. The van der Waals surface area contributed by atoms with Crippen molar-refractivity contribution < 1.29 is 36.3 Å². The van der Waals surface area contributed by atoms with Crippen LogP contribution in [0, 0.1) is 5.82 Å². The topological polar surface area (TPSA) is 111 Å². The molecule has 2 aromatic heterocycles. The Labute approximate surface area is 194 Å². The van der Waals surface area contributed by atoms with Gasteiger partial charge in [0.05, 0.1) is 5.69 Å². The number of nitrogens with zero attached hydrogens (tertiary/aromatic N) is 3. The number of amides is 2. The number of hydrazine groups is 1. The van der Waals surface area contributed by atoms with Crippen LogP contribution in [0.1, 0.15) is 32.5 Å². The van der Waals surface area contributed by atoms with Crippen molar-refractivity contribution in [2.75, 3.05) is 0 Å². The maximum atomic E-state index is 13.7. The fraction of sp³-hybridized carbons (Fsp3) is 0.0909. The first kappa shape index (κ1) is 23.5. The Morgan fingerprint density at radius 2 is 1.63 bits per heavy atom. The first-order chi connectivity index (χ1) is 16.7. The molecular weight excluding hydrogens is 474 g/mol. The number of carbonyl (C=O) groups is 2. The number of rotatable bonds is 6. The molecule has 0 aliphatic carbocycles. The molecule has 0 aliphatic heterocycles. The average molecular weight is 489 g/mol. The number of hydrogen-bond acceptors (Lipinski definition) is 6. The van der Waals surface area contributed by atoms with Crippen LogP contribution >= 0.6 is 0 Å². The van der Waals surface area contributed by atoms with Crippen LogP contribution < -0.4 is 15.6 Å². The largest absolute Gasteiger partial charge is 0.486 e. The van der Waals surface area contributed by atoms with Gasteiger partial charge in [-0.25, -0.2) is 9.07 Å². The number of carbonyl (C=O) groups excluding carboxylic acids is 2. The van der Waals surface area contributed by atoms with E-state index in [4.69, 9.17) is 9.15 Å². The highest BCUT2D eigenvalue weighted by Gasteiger charge is 2.42. The Morgan fingerprint density at radius 1 is 0.943 bits per heavy atom. The van der Waals surface area contributed by atoms with Gasteiger partial charge in [-0.15, -0.1) is 5.10 Å². The zero-order valence-electron chi connectivity index (χ0n) is 17.5. The lowest BCUT2D eigenvalue weighted by Crippen LogP contribution is -2.42. The highest BCUT2D eigenvalue weighted by Crippen LogP contribution is 2.32. The Balaban J connectivity index is 1.42. The van der Waals surface area contributed by atoms with Crippen molar-refractivity contribution >= 4 is 11.8 Å². The molecule has 2 aromatic carbocycles. The van der Waals surface area contributed by atoms with Crippen molar-refractivity contribution in [2.24, 2.45) is 0 Å². The Hall–Kier alpha value is -4.68. The predicted octanol–water partition coefficient (Wildman–Crippen LogP) is 3.67. The summed E-state index contributed by atoms with van der Waals surface area (Å²) in [6.07, 6.45) is -5.04. The fourth-order valence-electron chi connectivity index (χ4n) is 2.94. The molecular formula is C22H15F4N5O4. The zero-order valence-corrected chi connectivity index (χ0v) is 17.5. The summed E-state index contributed by atoms with van der Waals surface area (Å²) in [5, 5.41) is 6.64. The monoisotopic (exact) mass is 489 g/mol. The average Bonchev–Trinajstić information content (AvgIpc) is 3.50. The van der Waals surface area contributed by atoms with Gasteiger partial charge in [-0.2, -0.15) is 13.2 Å². The third-order valence-electron chi connectivity index (χ3n) is 4.52. The molecule has 2 N–H and O–H groups in total. The molecule has 9 nitrogen and oxygen atoms in total. The molecule has 0 saturated carbocycles. The van der Waals surface area contributed by atoms with E-state index in [2.05, 4.69) is 10.3 Å². The third kappa shape index (κ3) is 5.46. The van der Waals surface area contributed by atoms with Crippen LogP contribution in [-0.2, 0) is 12.8 Å². The molecule has 0 fully saturated rings. The van der Waals surface area contributed by atoms with Gasteiger partial charge in [0.1, 0.15) is 23.9 Å². The highest BCUT2D eigenvalue weighted by molar-refractivity contribution is 5.97. The number of halogens is 4. The van der Waals surface area contributed by atoms with E-state index in [0.29, 0.717) is 16.2 Å². The first-order valence-electron chi connectivity index (χ1n) is 9.88. The lowest BCUT2D eigenvalue weighted by molar-refractivity contribution is -0.143. The summed E-state index contributed by atoms with van der Waals surface area (Å²) >= 11 is 0. The van der Waals surface area contributed by atoms with Crippen molar-refractivity contribution in [3.8, 4) is 11.4 Å². The van der Waals surface area contributed by atoms with Gasteiger partial charge in [-0.3, -0.25) is 20.4 Å². The number of benzene rings is 2. The van der Waals surface area contributed by atoms with Gasteiger partial charge in [0, 0.05) is 0 Å². The predicted molar refractivity (Wildman–Crippen MR) is 111 cm³/mol. The summed E-state index contributed by atoms with van der Waals surface area (Å²) in [4.78, 5) is 24.6. The van der Waals surface area contributed by atoms with Crippen molar-refractivity contribution in [1.82, 2.24) is 25.8 Å². The van der Waals surface area contributed by atoms with E-state index in [1.165, 1.54) is 12.1 Å². The number of aromatic nitrogens is 3. The van der Waals surface area contributed by atoms with E-state index < -0.39 is 35.2 Å². The van der Waals surface area contributed by atoms with E-state index in [1.807, 2.05) is 16.9 Å². The van der Waals surface area contributed by atoms with E-state index >= 15 is 0 Å². The lowest BCUT2D eigenvalue weighted by Gasteiger charge is -2.11. The van der Waals surface area contributed by atoms with Crippen LogP contribution in [0.5, 0.6) is 5.75 Å². The molecule has 13 heteroatoms. The normalized spacial score (nSPS) is 11.2. The van der Waals surface area contributed by atoms with Crippen LogP contribution in [0.15, 0.2) is 71.1 Å². The quantitative estimate of drug-likeness (QED) is 0.316. The van der Waals surface area contributed by atoms with Crippen LogP contribution in [-0.4, -0.2) is 26.8 Å². The fourth-order valence-corrected chi connectivity index (χ4v) is 2.94. The summed E-state index contributed by atoms with van der Waals surface area (Å²) in [7, 11) is 0. The molecule has 4 aromatic rings. The van der Waals surface area contributed by atoms with Crippen molar-refractivity contribution in [3.05, 3.63) is 95.5 Å². The number of ether oxygens (including phenoxy) is 1. The smallest absolute Gasteiger partial charge is 0.435 e.